The lowest BCUT2D eigenvalue weighted by molar-refractivity contribution is -0.131. The minimum atomic E-state index is -0.889. The van der Waals surface area contributed by atoms with Gasteiger partial charge in [0, 0.05) is 18.9 Å². The quantitative estimate of drug-likeness (QED) is 0.770. The lowest BCUT2D eigenvalue weighted by atomic mass is 9.68. The summed E-state index contributed by atoms with van der Waals surface area (Å²) < 4.78 is 5.73. The Morgan fingerprint density at radius 2 is 1.48 bits per heavy atom. The van der Waals surface area contributed by atoms with E-state index in [9.17, 15) is 9.59 Å². The van der Waals surface area contributed by atoms with E-state index in [1.165, 1.54) is 0 Å². The van der Waals surface area contributed by atoms with Crippen molar-refractivity contribution >= 4 is 11.9 Å². The van der Waals surface area contributed by atoms with Crippen LogP contribution in [0.4, 0.5) is 4.79 Å². The predicted octanol–water partition coefficient (Wildman–Crippen LogP) is 4.78. The summed E-state index contributed by atoms with van der Waals surface area (Å²) in [6.07, 6.45) is -0.0588. The molecule has 1 amide bonds. The zero-order valence-electron chi connectivity index (χ0n) is 16.4. The van der Waals surface area contributed by atoms with Gasteiger partial charge in [-0.25, -0.2) is 4.79 Å². The second-order valence-electron chi connectivity index (χ2n) is 8.07. The first-order valence-corrected chi connectivity index (χ1v) is 9.41. The summed E-state index contributed by atoms with van der Waals surface area (Å²) in [4.78, 5) is 27.8. The Balaban J connectivity index is 2.24. The van der Waals surface area contributed by atoms with E-state index in [0.717, 1.165) is 11.1 Å². The lowest BCUT2D eigenvalue weighted by Crippen LogP contribution is -2.60. The highest BCUT2D eigenvalue weighted by Gasteiger charge is 2.53. The summed E-state index contributed by atoms with van der Waals surface area (Å²) in [6.45, 7) is 7.82. The second-order valence-corrected chi connectivity index (χ2v) is 8.07. The number of carbonyl (C=O) groups is 2. The van der Waals surface area contributed by atoms with E-state index in [1.54, 1.807) is 4.90 Å². The Morgan fingerprint density at radius 3 is 1.93 bits per heavy atom. The van der Waals surface area contributed by atoms with Gasteiger partial charge >= 0.3 is 6.09 Å². The van der Waals surface area contributed by atoms with Crippen LogP contribution in [0.1, 0.15) is 45.2 Å². The Kier molecular flexibility index (Phi) is 5.09. The monoisotopic (exact) mass is 365 g/mol. The van der Waals surface area contributed by atoms with E-state index in [1.807, 2.05) is 88.4 Å². The molecule has 142 valence electrons. The number of nitrogens with zero attached hydrogens (tertiary/aromatic N) is 1. The van der Waals surface area contributed by atoms with Crippen LogP contribution in [-0.2, 0) is 15.1 Å². The average Bonchev–Trinajstić information content (AvgIpc) is 2.64. The van der Waals surface area contributed by atoms with Crippen LogP contribution in [0, 0.1) is 5.92 Å². The van der Waals surface area contributed by atoms with Crippen molar-refractivity contribution in [2.24, 2.45) is 5.92 Å². The van der Waals surface area contributed by atoms with Crippen molar-refractivity contribution in [3.63, 3.8) is 0 Å². The molecule has 4 nitrogen and oxygen atoms in total. The smallest absolute Gasteiger partial charge is 0.411 e. The first-order chi connectivity index (χ1) is 12.8. The number of Topliss-reactive ketones (excluding diaryl/α,β-unsaturated/α-hetero) is 1. The summed E-state index contributed by atoms with van der Waals surface area (Å²) in [6, 6.07) is 19.6. The fraction of sp³-hybridized carbons (Fsp3) is 0.391. The maximum atomic E-state index is 13.2. The first kappa shape index (κ1) is 19.2. The van der Waals surface area contributed by atoms with Gasteiger partial charge in [0.1, 0.15) is 16.9 Å². The van der Waals surface area contributed by atoms with Crippen molar-refractivity contribution < 1.29 is 14.3 Å². The molecule has 3 rings (SSSR count). The second kappa shape index (κ2) is 7.18. The van der Waals surface area contributed by atoms with Crippen molar-refractivity contribution in [2.45, 2.75) is 45.3 Å². The minimum absolute atomic E-state index is 0.155. The normalized spacial score (nSPS) is 19.6. The molecule has 4 heteroatoms. The van der Waals surface area contributed by atoms with Gasteiger partial charge < -0.3 is 4.74 Å². The van der Waals surface area contributed by atoms with Crippen LogP contribution in [0.2, 0.25) is 0 Å². The number of piperidine rings is 1. The van der Waals surface area contributed by atoms with Crippen LogP contribution in [0.3, 0.4) is 0 Å². The van der Waals surface area contributed by atoms with E-state index < -0.39 is 17.2 Å². The van der Waals surface area contributed by atoms with Crippen LogP contribution < -0.4 is 0 Å². The van der Waals surface area contributed by atoms with Gasteiger partial charge in [0.25, 0.3) is 0 Å². The highest BCUT2D eigenvalue weighted by atomic mass is 16.6. The molecular weight excluding hydrogens is 338 g/mol. The number of carbonyl (C=O) groups excluding carboxylic acids is 2. The molecular formula is C23H27NO3. The Morgan fingerprint density at radius 1 is 1.00 bits per heavy atom. The molecule has 1 aliphatic rings. The van der Waals surface area contributed by atoms with Crippen LogP contribution in [0.5, 0.6) is 0 Å². The van der Waals surface area contributed by atoms with Gasteiger partial charge in [-0.05, 0) is 31.9 Å². The number of likely N-dealkylation sites (tertiary alicyclic amines) is 1. The molecule has 0 bridgehead atoms. The van der Waals surface area contributed by atoms with Gasteiger partial charge in [0.2, 0.25) is 0 Å². The number of ketones is 1. The van der Waals surface area contributed by atoms with Gasteiger partial charge in [-0.15, -0.1) is 0 Å². The Hall–Kier alpha value is -2.62. The molecule has 1 fully saturated rings. The fourth-order valence-corrected chi connectivity index (χ4v) is 4.00. The van der Waals surface area contributed by atoms with E-state index in [0.29, 0.717) is 13.0 Å². The maximum Gasteiger partial charge on any atom is 0.411 e. The summed E-state index contributed by atoms with van der Waals surface area (Å²) in [7, 11) is 0. The molecule has 0 aliphatic carbocycles. The number of amides is 1. The third-order valence-electron chi connectivity index (χ3n) is 5.16. The number of ether oxygens (including phenoxy) is 1. The highest BCUT2D eigenvalue weighted by molar-refractivity contribution is 5.87. The van der Waals surface area contributed by atoms with Gasteiger partial charge in [-0.2, -0.15) is 0 Å². The molecule has 0 spiro atoms. The molecule has 1 unspecified atom stereocenters. The molecule has 0 radical (unpaired) electrons. The molecule has 1 heterocycles. The summed E-state index contributed by atoms with van der Waals surface area (Å²) in [5, 5.41) is 0. The maximum absolute atomic E-state index is 13.2. The number of hydrogen-bond donors (Lipinski definition) is 0. The minimum Gasteiger partial charge on any atom is -0.444 e. The molecule has 1 atom stereocenters. The van der Waals surface area contributed by atoms with Crippen molar-refractivity contribution in [3.8, 4) is 0 Å². The van der Waals surface area contributed by atoms with Crippen LogP contribution in [0.15, 0.2) is 60.7 Å². The predicted molar refractivity (Wildman–Crippen MR) is 105 cm³/mol. The molecule has 2 aromatic carbocycles. The lowest BCUT2D eigenvalue weighted by Gasteiger charge is -2.51. The summed E-state index contributed by atoms with van der Waals surface area (Å²) in [5.41, 5.74) is 0.339. The van der Waals surface area contributed by atoms with E-state index in [4.69, 9.17) is 4.74 Å². The van der Waals surface area contributed by atoms with Crippen LogP contribution in [-0.4, -0.2) is 28.9 Å². The van der Waals surface area contributed by atoms with Crippen molar-refractivity contribution in [1.29, 1.82) is 0 Å². The molecule has 0 aromatic heterocycles. The van der Waals surface area contributed by atoms with Gasteiger partial charge in [0.05, 0.1) is 0 Å². The number of rotatable bonds is 2. The van der Waals surface area contributed by atoms with Gasteiger partial charge in [-0.3, -0.25) is 9.69 Å². The first-order valence-electron chi connectivity index (χ1n) is 9.41. The van der Waals surface area contributed by atoms with Crippen LogP contribution >= 0.6 is 0 Å². The molecule has 2 aromatic rings. The largest absolute Gasteiger partial charge is 0.444 e. The van der Waals surface area contributed by atoms with Crippen molar-refractivity contribution in [2.75, 3.05) is 6.54 Å². The molecule has 0 saturated carbocycles. The topological polar surface area (TPSA) is 46.6 Å². The SMILES string of the molecule is CC1C(=O)CCN(C(=O)OC(C)(C)C)C1(c1ccccc1)c1ccccc1. The zero-order chi connectivity index (χ0) is 19.7. The average molecular weight is 365 g/mol. The van der Waals surface area contributed by atoms with E-state index in [-0.39, 0.29) is 11.7 Å². The number of benzene rings is 2. The molecule has 1 saturated heterocycles. The molecule has 27 heavy (non-hydrogen) atoms. The van der Waals surface area contributed by atoms with Gasteiger partial charge in [-0.1, -0.05) is 67.6 Å². The number of hydrogen-bond acceptors (Lipinski definition) is 3. The summed E-state index contributed by atoms with van der Waals surface area (Å²) in [5.74, 6) is -0.230. The third kappa shape index (κ3) is 3.48. The van der Waals surface area contributed by atoms with Crippen molar-refractivity contribution in [3.05, 3.63) is 71.8 Å². The Labute approximate surface area is 161 Å². The van der Waals surface area contributed by atoms with Crippen LogP contribution in [0.25, 0.3) is 0 Å². The zero-order valence-corrected chi connectivity index (χ0v) is 16.4. The third-order valence-corrected chi connectivity index (χ3v) is 5.16. The van der Waals surface area contributed by atoms with E-state index in [2.05, 4.69) is 0 Å². The molecule has 0 N–H and O–H groups in total. The highest BCUT2D eigenvalue weighted by Crippen LogP contribution is 2.46. The van der Waals surface area contributed by atoms with E-state index >= 15 is 0 Å². The van der Waals surface area contributed by atoms with Gasteiger partial charge in [0.15, 0.2) is 0 Å². The fourth-order valence-electron chi connectivity index (χ4n) is 4.00. The summed E-state index contributed by atoms with van der Waals surface area (Å²) >= 11 is 0. The Bertz CT molecular complexity index is 769. The van der Waals surface area contributed by atoms with Crippen molar-refractivity contribution in [1.82, 2.24) is 4.90 Å². The standard InChI is InChI=1S/C23H27NO3/c1-17-20(25)15-16-24(21(26)27-22(2,3)4)23(17,18-11-7-5-8-12-18)19-13-9-6-10-14-19/h5-14,17H,15-16H2,1-4H3. The molecule has 1 aliphatic heterocycles.